The summed E-state index contributed by atoms with van der Waals surface area (Å²) >= 11 is 3.48. The molecule has 0 aliphatic heterocycles. The Bertz CT molecular complexity index is 361. The van der Waals surface area contributed by atoms with E-state index in [1.54, 1.807) is 7.11 Å². The second-order valence-corrected chi connectivity index (χ2v) is 5.00. The number of nitrogens with one attached hydrogen (secondary N) is 1. The standard InChI is InChI=1S/C13H21BrN2O2/c1-16(6-7-17)13-9-12(14)4-3-11(13)10-15-5-8-18-2/h3-4,9,15,17H,5-8,10H2,1-2H3. The molecule has 0 heterocycles. The van der Waals surface area contributed by atoms with Crippen molar-refractivity contribution in [3.05, 3.63) is 28.2 Å². The van der Waals surface area contributed by atoms with Crippen LogP contribution in [0.15, 0.2) is 22.7 Å². The lowest BCUT2D eigenvalue weighted by Crippen LogP contribution is -2.25. The molecule has 0 aliphatic rings. The van der Waals surface area contributed by atoms with E-state index in [0.29, 0.717) is 13.2 Å². The number of anilines is 1. The molecule has 102 valence electrons. The first-order valence-electron chi connectivity index (χ1n) is 5.99. The van der Waals surface area contributed by atoms with Crippen LogP contribution in [0, 0.1) is 0 Å². The van der Waals surface area contributed by atoms with Crippen LogP contribution in [-0.2, 0) is 11.3 Å². The Hall–Kier alpha value is -0.620. The van der Waals surface area contributed by atoms with E-state index in [2.05, 4.69) is 38.3 Å². The van der Waals surface area contributed by atoms with Crippen LogP contribution < -0.4 is 10.2 Å². The molecule has 0 aromatic heterocycles. The van der Waals surface area contributed by atoms with Gasteiger partial charge in [0.25, 0.3) is 0 Å². The first-order valence-corrected chi connectivity index (χ1v) is 6.78. The largest absolute Gasteiger partial charge is 0.395 e. The van der Waals surface area contributed by atoms with Gasteiger partial charge in [0.2, 0.25) is 0 Å². The molecule has 0 saturated heterocycles. The number of methoxy groups -OCH3 is 1. The number of aliphatic hydroxyl groups is 1. The maximum absolute atomic E-state index is 9.02. The van der Waals surface area contributed by atoms with E-state index in [0.717, 1.165) is 23.2 Å². The molecule has 18 heavy (non-hydrogen) atoms. The zero-order valence-corrected chi connectivity index (χ0v) is 12.5. The van der Waals surface area contributed by atoms with Crippen LogP contribution in [0.3, 0.4) is 0 Å². The number of benzene rings is 1. The predicted octanol–water partition coefficient (Wildman–Crippen LogP) is 1.61. The number of rotatable bonds is 8. The predicted molar refractivity (Wildman–Crippen MR) is 78.1 cm³/mol. The molecule has 4 nitrogen and oxygen atoms in total. The first kappa shape index (κ1) is 15.4. The van der Waals surface area contributed by atoms with Crippen molar-refractivity contribution in [2.45, 2.75) is 6.54 Å². The second-order valence-electron chi connectivity index (χ2n) is 4.09. The summed E-state index contributed by atoms with van der Waals surface area (Å²) in [7, 11) is 3.68. The minimum absolute atomic E-state index is 0.152. The number of likely N-dealkylation sites (N-methyl/N-ethyl adjacent to an activating group) is 1. The molecule has 1 aromatic rings. The average Bonchev–Trinajstić information content (AvgIpc) is 2.36. The molecule has 0 bridgehead atoms. The van der Waals surface area contributed by atoms with Crippen molar-refractivity contribution < 1.29 is 9.84 Å². The van der Waals surface area contributed by atoms with Gasteiger partial charge in [0, 0.05) is 44.0 Å². The molecule has 0 spiro atoms. The normalized spacial score (nSPS) is 10.7. The monoisotopic (exact) mass is 316 g/mol. The molecule has 5 heteroatoms. The van der Waals surface area contributed by atoms with Gasteiger partial charge in [-0.05, 0) is 17.7 Å². The molecule has 0 atom stereocenters. The van der Waals surface area contributed by atoms with Gasteiger partial charge in [-0.2, -0.15) is 0 Å². The van der Waals surface area contributed by atoms with Crippen LogP contribution in [0.2, 0.25) is 0 Å². The Morgan fingerprint density at radius 2 is 2.22 bits per heavy atom. The number of hydrogen-bond acceptors (Lipinski definition) is 4. The summed E-state index contributed by atoms with van der Waals surface area (Å²) in [6.45, 7) is 3.11. The molecule has 2 N–H and O–H groups in total. The average molecular weight is 317 g/mol. The van der Waals surface area contributed by atoms with Crippen molar-refractivity contribution in [3.63, 3.8) is 0 Å². The smallest absolute Gasteiger partial charge is 0.0606 e. The molecule has 1 aromatic carbocycles. The van der Waals surface area contributed by atoms with Crippen LogP contribution in [0.1, 0.15) is 5.56 Å². The maximum Gasteiger partial charge on any atom is 0.0606 e. The summed E-state index contributed by atoms with van der Waals surface area (Å²) in [5.74, 6) is 0. The van der Waals surface area contributed by atoms with Crippen molar-refractivity contribution in [1.29, 1.82) is 0 Å². The zero-order chi connectivity index (χ0) is 13.4. The lowest BCUT2D eigenvalue weighted by Gasteiger charge is -2.22. The Balaban J connectivity index is 2.70. The van der Waals surface area contributed by atoms with Crippen molar-refractivity contribution >= 4 is 21.6 Å². The van der Waals surface area contributed by atoms with E-state index in [1.165, 1.54) is 5.56 Å². The van der Waals surface area contributed by atoms with E-state index in [-0.39, 0.29) is 6.61 Å². The summed E-state index contributed by atoms with van der Waals surface area (Å²) in [5, 5.41) is 12.3. The molecule has 0 saturated carbocycles. The number of nitrogens with zero attached hydrogens (tertiary/aromatic N) is 1. The van der Waals surface area contributed by atoms with Gasteiger partial charge in [0.1, 0.15) is 0 Å². The fraction of sp³-hybridized carbons (Fsp3) is 0.538. The molecule has 0 amide bonds. The number of hydrogen-bond donors (Lipinski definition) is 2. The van der Waals surface area contributed by atoms with Gasteiger partial charge in [-0.1, -0.05) is 22.0 Å². The fourth-order valence-corrected chi connectivity index (χ4v) is 2.06. The third-order valence-corrected chi connectivity index (χ3v) is 3.19. The van der Waals surface area contributed by atoms with E-state index in [9.17, 15) is 0 Å². The number of aliphatic hydroxyl groups excluding tert-OH is 1. The van der Waals surface area contributed by atoms with Crippen LogP contribution in [0.25, 0.3) is 0 Å². The highest BCUT2D eigenvalue weighted by molar-refractivity contribution is 9.10. The van der Waals surface area contributed by atoms with E-state index < -0.39 is 0 Å². The third kappa shape index (κ3) is 4.94. The van der Waals surface area contributed by atoms with Crippen LogP contribution in [0.4, 0.5) is 5.69 Å². The summed E-state index contributed by atoms with van der Waals surface area (Å²) in [5.41, 5.74) is 2.34. The first-order chi connectivity index (χ1) is 8.69. The molecule has 0 unspecified atom stereocenters. The molecule has 0 fully saturated rings. The van der Waals surface area contributed by atoms with E-state index in [4.69, 9.17) is 9.84 Å². The minimum atomic E-state index is 0.152. The lowest BCUT2D eigenvalue weighted by molar-refractivity contribution is 0.199. The van der Waals surface area contributed by atoms with Crippen molar-refractivity contribution in [3.8, 4) is 0 Å². The van der Waals surface area contributed by atoms with Crippen molar-refractivity contribution in [2.75, 3.05) is 45.4 Å². The highest BCUT2D eigenvalue weighted by Gasteiger charge is 2.07. The fourth-order valence-electron chi connectivity index (χ4n) is 1.71. The number of ether oxygens (including phenoxy) is 1. The van der Waals surface area contributed by atoms with Gasteiger partial charge < -0.3 is 20.1 Å². The quantitative estimate of drug-likeness (QED) is 0.715. The highest BCUT2D eigenvalue weighted by Crippen LogP contribution is 2.24. The Kier molecular flexibility index (Phi) is 7.27. The van der Waals surface area contributed by atoms with Gasteiger partial charge in [-0.25, -0.2) is 0 Å². The molecular formula is C13H21BrN2O2. The molecule has 1 rings (SSSR count). The maximum atomic E-state index is 9.02. The highest BCUT2D eigenvalue weighted by atomic mass is 79.9. The zero-order valence-electron chi connectivity index (χ0n) is 10.9. The van der Waals surface area contributed by atoms with Gasteiger partial charge in [0.15, 0.2) is 0 Å². The van der Waals surface area contributed by atoms with Crippen molar-refractivity contribution in [2.24, 2.45) is 0 Å². The van der Waals surface area contributed by atoms with Crippen LogP contribution >= 0.6 is 15.9 Å². The van der Waals surface area contributed by atoms with Crippen LogP contribution in [-0.4, -0.2) is 45.6 Å². The van der Waals surface area contributed by atoms with E-state index in [1.807, 2.05) is 13.1 Å². The summed E-state index contributed by atoms with van der Waals surface area (Å²) in [6.07, 6.45) is 0. The topological polar surface area (TPSA) is 44.7 Å². The molecule has 0 aliphatic carbocycles. The van der Waals surface area contributed by atoms with Crippen LogP contribution in [0.5, 0.6) is 0 Å². The lowest BCUT2D eigenvalue weighted by atomic mass is 10.1. The summed E-state index contributed by atoms with van der Waals surface area (Å²) in [6, 6.07) is 6.19. The summed E-state index contributed by atoms with van der Waals surface area (Å²) in [4.78, 5) is 2.05. The van der Waals surface area contributed by atoms with Gasteiger partial charge in [-0.3, -0.25) is 0 Å². The number of halogens is 1. The Morgan fingerprint density at radius 1 is 1.44 bits per heavy atom. The van der Waals surface area contributed by atoms with E-state index >= 15 is 0 Å². The molecular weight excluding hydrogens is 296 g/mol. The van der Waals surface area contributed by atoms with Crippen molar-refractivity contribution in [1.82, 2.24) is 5.32 Å². The SMILES string of the molecule is COCCNCc1ccc(Br)cc1N(C)CCO. The second kappa shape index (κ2) is 8.48. The van der Waals surface area contributed by atoms with Gasteiger partial charge >= 0.3 is 0 Å². The van der Waals surface area contributed by atoms with Gasteiger partial charge in [0.05, 0.1) is 13.2 Å². The van der Waals surface area contributed by atoms with Gasteiger partial charge in [-0.15, -0.1) is 0 Å². The summed E-state index contributed by atoms with van der Waals surface area (Å²) < 4.78 is 6.05. The third-order valence-electron chi connectivity index (χ3n) is 2.69. The molecule has 0 radical (unpaired) electrons. The Labute approximate surface area is 117 Å². The Morgan fingerprint density at radius 3 is 2.89 bits per heavy atom. The minimum Gasteiger partial charge on any atom is -0.395 e.